The molecule has 0 heterocycles. The zero-order valence-corrected chi connectivity index (χ0v) is 11.2. The molecule has 1 N–H and O–H groups in total. The molecule has 0 aromatic heterocycles. The summed E-state index contributed by atoms with van der Waals surface area (Å²) >= 11 is 1.23. The largest absolute Gasteiger partial charge is 0.496 e. The number of methoxy groups -OCH3 is 2. The molecule has 0 bridgehead atoms. The maximum Gasteiger partial charge on any atom is 0.313 e. The van der Waals surface area contributed by atoms with E-state index in [-0.39, 0.29) is 5.75 Å². The highest BCUT2D eigenvalue weighted by Crippen LogP contribution is 2.38. The van der Waals surface area contributed by atoms with Gasteiger partial charge in [0.25, 0.3) is 0 Å². The van der Waals surface area contributed by atoms with Crippen LogP contribution in [0.1, 0.15) is 11.1 Å². The third kappa shape index (κ3) is 3.06. The first kappa shape index (κ1) is 13.7. The minimum absolute atomic E-state index is 0.00200. The van der Waals surface area contributed by atoms with Crippen LogP contribution in [0.2, 0.25) is 0 Å². The van der Waals surface area contributed by atoms with Crippen LogP contribution in [0.4, 0.5) is 0 Å². The average Bonchev–Trinajstić information content (AvgIpc) is 2.30. The maximum absolute atomic E-state index is 10.6. The van der Waals surface area contributed by atoms with Crippen LogP contribution in [0, 0.1) is 13.8 Å². The number of carbonyl (C=O) groups is 1. The second-order valence-electron chi connectivity index (χ2n) is 3.54. The molecule has 1 rings (SSSR count). The molecule has 0 saturated carbocycles. The average molecular weight is 256 g/mol. The van der Waals surface area contributed by atoms with Crippen molar-refractivity contribution in [3.05, 3.63) is 17.2 Å². The van der Waals surface area contributed by atoms with Crippen molar-refractivity contribution in [2.75, 3.05) is 20.0 Å². The fourth-order valence-corrected chi connectivity index (χ4v) is 2.38. The molecule has 0 amide bonds. The van der Waals surface area contributed by atoms with Crippen molar-refractivity contribution >= 4 is 17.7 Å². The van der Waals surface area contributed by atoms with E-state index in [1.807, 2.05) is 19.9 Å². The Labute approximate surface area is 105 Å². The Morgan fingerprint density at radius 3 is 2.41 bits per heavy atom. The van der Waals surface area contributed by atoms with Crippen LogP contribution in [-0.2, 0) is 4.79 Å². The van der Waals surface area contributed by atoms with E-state index in [1.54, 1.807) is 14.2 Å². The van der Waals surface area contributed by atoms with Crippen molar-refractivity contribution in [1.82, 2.24) is 0 Å². The Hall–Kier alpha value is -1.36. The van der Waals surface area contributed by atoms with Crippen molar-refractivity contribution in [2.45, 2.75) is 18.7 Å². The highest BCUT2D eigenvalue weighted by Gasteiger charge is 2.15. The number of aliphatic carboxylic acids is 1. The van der Waals surface area contributed by atoms with E-state index in [2.05, 4.69) is 0 Å². The number of rotatable bonds is 5. The molecule has 17 heavy (non-hydrogen) atoms. The Bertz CT molecular complexity index is 429. The Balaban J connectivity index is 3.17. The van der Waals surface area contributed by atoms with Gasteiger partial charge in [0, 0.05) is 0 Å². The molecule has 1 aromatic carbocycles. The zero-order chi connectivity index (χ0) is 13.0. The fraction of sp³-hybridized carbons (Fsp3) is 0.417. The van der Waals surface area contributed by atoms with Crippen LogP contribution >= 0.6 is 11.8 Å². The summed E-state index contributed by atoms with van der Waals surface area (Å²) < 4.78 is 10.6. The molecular weight excluding hydrogens is 240 g/mol. The lowest BCUT2D eigenvalue weighted by atomic mass is 10.1. The Morgan fingerprint density at radius 1 is 1.29 bits per heavy atom. The van der Waals surface area contributed by atoms with Crippen molar-refractivity contribution < 1.29 is 19.4 Å². The van der Waals surface area contributed by atoms with Gasteiger partial charge in [-0.15, -0.1) is 11.8 Å². The molecule has 5 heteroatoms. The van der Waals surface area contributed by atoms with Crippen molar-refractivity contribution in [1.29, 1.82) is 0 Å². The summed E-state index contributed by atoms with van der Waals surface area (Å²) in [6, 6.07) is 1.81. The first-order chi connectivity index (χ1) is 8.01. The normalized spacial score (nSPS) is 10.1. The third-order valence-corrected chi connectivity index (χ3v) is 3.54. The summed E-state index contributed by atoms with van der Waals surface area (Å²) in [5, 5.41) is 8.70. The predicted octanol–water partition coefficient (Wildman–Crippen LogP) is 2.50. The SMILES string of the molecule is COc1cc(SCC(=O)O)c(OC)c(C)c1C. The number of carboxylic acid groups (broad SMARTS) is 1. The van der Waals surface area contributed by atoms with Gasteiger partial charge in [-0.1, -0.05) is 0 Å². The van der Waals surface area contributed by atoms with Crippen LogP contribution < -0.4 is 9.47 Å². The van der Waals surface area contributed by atoms with Crippen molar-refractivity contribution in [2.24, 2.45) is 0 Å². The molecule has 1 aromatic rings. The number of ether oxygens (including phenoxy) is 2. The second-order valence-corrected chi connectivity index (χ2v) is 4.56. The van der Waals surface area contributed by atoms with E-state index in [9.17, 15) is 4.79 Å². The maximum atomic E-state index is 10.6. The van der Waals surface area contributed by atoms with Crippen molar-refractivity contribution in [3.8, 4) is 11.5 Å². The van der Waals surface area contributed by atoms with Crippen LogP contribution in [-0.4, -0.2) is 31.0 Å². The van der Waals surface area contributed by atoms with Crippen LogP contribution in [0.25, 0.3) is 0 Å². The topological polar surface area (TPSA) is 55.8 Å². The highest BCUT2D eigenvalue weighted by molar-refractivity contribution is 8.00. The number of hydrogen-bond acceptors (Lipinski definition) is 4. The Kier molecular flexibility index (Phi) is 4.69. The van der Waals surface area contributed by atoms with Gasteiger partial charge in [0.15, 0.2) is 0 Å². The number of carboxylic acids is 1. The lowest BCUT2D eigenvalue weighted by Gasteiger charge is -2.15. The number of thioether (sulfide) groups is 1. The summed E-state index contributed by atoms with van der Waals surface area (Å²) in [6.07, 6.45) is 0. The summed E-state index contributed by atoms with van der Waals surface area (Å²) in [5.74, 6) is 0.613. The number of benzene rings is 1. The summed E-state index contributed by atoms with van der Waals surface area (Å²) in [4.78, 5) is 11.4. The lowest BCUT2D eigenvalue weighted by molar-refractivity contribution is -0.133. The van der Waals surface area contributed by atoms with Gasteiger partial charge in [-0.2, -0.15) is 0 Å². The van der Waals surface area contributed by atoms with E-state index >= 15 is 0 Å². The van der Waals surface area contributed by atoms with E-state index in [0.717, 1.165) is 27.5 Å². The third-order valence-electron chi connectivity index (χ3n) is 2.53. The molecule has 0 aliphatic carbocycles. The molecule has 0 spiro atoms. The summed E-state index contributed by atoms with van der Waals surface area (Å²) in [5.41, 5.74) is 1.98. The van der Waals surface area contributed by atoms with Crippen LogP contribution in [0.15, 0.2) is 11.0 Å². The van der Waals surface area contributed by atoms with Gasteiger partial charge in [0.2, 0.25) is 0 Å². The first-order valence-electron chi connectivity index (χ1n) is 5.08. The van der Waals surface area contributed by atoms with Crippen molar-refractivity contribution in [3.63, 3.8) is 0 Å². The minimum Gasteiger partial charge on any atom is -0.496 e. The molecule has 0 unspecified atom stereocenters. The van der Waals surface area contributed by atoms with E-state index in [4.69, 9.17) is 14.6 Å². The molecule has 94 valence electrons. The fourth-order valence-electron chi connectivity index (χ4n) is 1.55. The van der Waals surface area contributed by atoms with Gasteiger partial charge in [0.1, 0.15) is 11.5 Å². The monoisotopic (exact) mass is 256 g/mol. The molecule has 0 atom stereocenters. The molecule has 0 aliphatic rings. The molecule has 0 fully saturated rings. The van der Waals surface area contributed by atoms with E-state index in [1.165, 1.54) is 11.8 Å². The highest BCUT2D eigenvalue weighted by atomic mass is 32.2. The Morgan fingerprint density at radius 2 is 1.94 bits per heavy atom. The van der Waals surface area contributed by atoms with Gasteiger partial charge >= 0.3 is 5.97 Å². The predicted molar refractivity (Wildman–Crippen MR) is 67.4 cm³/mol. The van der Waals surface area contributed by atoms with E-state index < -0.39 is 5.97 Å². The number of hydrogen-bond donors (Lipinski definition) is 1. The van der Waals surface area contributed by atoms with Gasteiger partial charge in [-0.05, 0) is 31.0 Å². The summed E-state index contributed by atoms with van der Waals surface area (Å²) in [6.45, 7) is 3.88. The van der Waals surface area contributed by atoms with E-state index in [0.29, 0.717) is 0 Å². The molecule has 0 radical (unpaired) electrons. The molecular formula is C12H16O4S. The second kappa shape index (κ2) is 5.82. The zero-order valence-electron chi connectivity index (χ0n) is 10.4. The smallest absolute Gasteiger partial charge is 0.313 e. The van der Waals surface area contributed by atoms with Gasteiger partial charge in [0.05, 0.1) is 24.9 Å². The standard InChI is InChI=1S/C12H16O4S/c1-7-8(2)12(16-4)10(5-9(7)15-3)17-6-11(13)14/h5H,6H2,1-4H3,(H,13,14). The van der Waals surface area contributed by atoms with Gasteiger partial charge < -0.3 is 14.6 Å². The first-order valence-corrected chi connectivity index (χ1v) is 6.06. The van der Waals surface area contributed by atoms with Crippen LogP contribution in [0.3, 0.4) is 0 Å². The molecule has 4 nitrogen and oxygen atoms in total. The van der Waals surface area contributed by atoms with Crippen LogP contribution in [0.5, 0.6) is 11.5 Å². The van der Waals surface area contributed by atoms with Gasteiger partial charge in [-0.3, -0.25) is 4.79 Å². The van der Waals surface area contributed by atoms with Gasteiger partial charge in [-0.25, -0.2) is 0 Å². The molecule has 0 aliphatic heterocycles. The quantitative estimate of drug-likeness (QED) is 0.820. The lowest BCUT2D eigenvalue weighted by Crippen LogP contribution is -2.01. The minimum atomic E-state index is -0.853. The molecule has 0 saturated heterocycles. The summed E-state index contributed by atoms with van der Waals surface area (Å²) in [7, 11) is 3.18.